The Kier molecular flexibility index (Phi) is 6.04. The van der Waals surface area contributed by atoms with Gasteiger partial charge in [0, 0.05) is 13.1 Å². The highest BCUT2D eigenvalue weighted by Gasteiger charge is 2.13. The lowest BCUT2D eigenvalue weighted by molar-refractivity contribution is 0.171. The first-order valence-electron chi connectivity index (χ1n) is 8.29. The SMILES string of the molecule is CCOc1cc(CNCc2ccc3c(c2)OCCO3)cc(Br)c1OC. The Bertz CT molecular complexity index is 736. The first-order chi connectivity index (χ1) is 12.2. The van der Waals surface area contributed by atoms with Crippen LogP contribution in [0.4, 0.5) is 0 Å². The van der Waals surface area contributed by atoms with Crippen molar-refractivity contribution in [3.8, 4) is 23.0 Å². The molecule has 0 fully saturated rings. The fraction of sp³-hybridized carbons (Fsp3) is 0.368. The second-order valence-corrected chi connectivity index (χ2v) is 6.48. The summed E-state index contributed by atoms with van der Waals surface area (Å²) in [5.74, 6) is 3.10. The van der Waals surface area contributed by atoms with Crippen molar-refractivity contribution in [2.75, 3.05) is 26.9 Å². The van der Waals surface area contributed by atoms with Crippen LogP contribution in [0.1, 0.15) is 18.1 Å². The number of benzene rings is 2. The molecule has 2 aromatic carbocycles. The molecule has 3 rings (SSSR count). The van der Waals surface area contributed by atoms with Gasteiger partial charge in [-0.05, 0) is 58.2 Å². The van der Waals surface area contributed by atoms with Crippen molar-refractivity contribution in [3.05, 3.63) is 45.9 Å². The molecule has 5 nitrogen and oxygen atoms in total. The number of fused-ring (bicyclic) bond motifs is 1. The highest BCUT2D eigenvalue weighted by Crippen LogP contribution is 2.36. The van der Waals surface area contributed by atoms with Gasteiger partial charge in [0.25, 0.3) is 0 Å². The third kappa shape index (κ3) is 4.38. The van der Waals surface area contributed by atoms with Gasteiger partial charge in [-0.2, -0.15) is 0 Å². The number of hydrogen-bond acceptors (Lipinski definition) is 5. The summed E-state index contributed by atoms with van der Waals surface area (Å²) in [5, 5.41) is 3.45. The molecule has 0 aliphatic carbocycles. The quantitative estimate of drug-likeness (QED) is 0.753. The summed E-state index contributed by atoms with van der Waals surface area (Å²) in [5.41, 5.74) is 2.27. The molecule has 0 radical (unpaired) electrons. The van der Waals surface area contributed by atoms with Crippen LogP contribution in [0.15, 0.2) is 34.8 Å². The monoisotopic (exact) mass is 407 g/mol. The average molecular weight is 408 g/mol. The lowest BCUT2D eigenvalue weighted by Gasteiger charge is -2.19. The van der Waals surface area contributed by atoms with Gasteiger partial charge < -0.3 is 24.3 Å². The molecule has 0 bridgehead atoms. The topological polar surface area (TPSA) is 49.0 Å². The van der Waals surface area contributed by atoms with Crippen LogP contribution >= 0.6 is 15.9 Å². The van der Waals surface area contributed by atoms with Crippen molar-refractivity contribution in [1.82, 2.24) is 5.32 Å². The predicted octanol–water partition coefficient (Wildman–Crippen LogP) is 3.92. The molecule has 0 spiro atoms. The number of nitrogens with one attached hydrogen (secondary N) is 1. The molecule has 134 valence electrons. The summed E-state index contributed by atoms with van der Waals surface area (Å²) in [6, 6.07) is 10.1. The Morgan fingerprint density at radius 1 is 1.04 bits per heavy atom. The van der Waals surface area contributed by atoms with Crippen molar-refractivity contribution in [3.63, 3.8) is 0 Å². The second kappa shape index (κ2) is 8.45. The molecule has 1 aliphatic rings. The first-order valence-corrected chi connectivity index (χ1v) is 9.09. The molecule has 25 heavy (non-hydrogen) atoms. The summed E-state index contributed by atoms with van der Waals surface area (Å²) >= 11 is 3.54. The first kappa shape index (κ1) is 17.9. The van der Waals surface area contributed by atoms with Gasteiger partial charge in [0.2, 0.25) is 0 Å². The zero-order valence-corrected chi connectivity index (χ0v) is 16.0. The molecular weight excluding hydrogens is 386 g/mol. The highest BCUT2D eigenvalue weighted by atomic mass is 79.9. The van der Waals surface area contributed by atoms with Crippen LogP contribution in [-0.4, -0.2) is 26.9 Å². The zero-order valence-electron chi connectivity index (χ0n) is 14.4. The highest BCUT2D eigenvalue weighted by molar-refractivity contribution is 9.10. The van der Waals surface area contributed by atoms with E-state index >= 15 is 0 Å². The molecule has 1 N–H and O–H groups in total. The molecule has 0 atom stereocenters. The van der Waals surface area contributed by atoms with Gasteiger partial charge >= 0.3 is 0 Å². The number of ether oxygens (including phenoxy) is 4. The van der Waals surface area contributed by atoms with Crippen molar-refractivity contribution >= 4 is 15.9 Å². The van der Waals surface area contributed by atoms with E-state index in [2.05, 4.69) is 27.3 Å². The van der Waals surface area contributed by atoms with E-state index < -0.39 is 0 Å². The van der Waals surface area contributed by atoms with Gasteiger partial charge in [-0.1, -0.05) is 6.07 Å². The van der Waals surface area contributed by atoms with E-state index in [1.807, 2.05) is 31.2 Å². The molecule has 0 unspecified atom stereocenters. The maximum Gasteiger partial charge on any atom is 0.174 e. The lowest BCUT2D eigenvalue weighted by atomic mass is 10.1. The van der Waals surface area contributed by atoms with Gasteiger partial charge in [-0.3, -0.25) is 0 Å². The summed E-state index contributed by atoms with van der Waals surface area (Å²) in [7, 11) is 1.64. The third-order valence-electron chi connectivity index (χ3n) is 3.84. The minimum atomic E-state index is 0.594. The molecule has 2 aromatic rings. The molecule has 1 heterocycles. The molecular formula is C19H22BrNO4. The van der Waals surface area contributed by atoms with Gasteiger partial charge in [0.05, 0.1) is 18.2 Å². The Morgan fingerprint density at radius 2 is 1.80 bits per heavy atom. The van der Waals surface area contributed by atoms with Crippen LogP contribution < -0.4 is 24.3 Å². The van der Waals surface area contributed by atoms with Crippen LogP contribution in [0.2, 0.25) is 0 Å². The molecule has 1 aliphatic heterocycles. The Labute approximate surface area is 156 Å². The maximum absolute atomic E-state index is 5.66. The normalized spacial score (nSPS) is 12.8. The second-order valence-electron chi connectivity index (χ2n) is 5.62. The largest absolute Gasteiger partial charge is 0.492 e. The van der Waals surface area contributed by atoms with Gasteiger partial charge in [0.15, 0.2) is 23.0 Å². The number of methoxy groups -OCH3 is 1. The van der Waals surface area contributed by atoms with E-state index in [9.17, 15) is 0 Å². The lowest BCUT2D eigenvalue weighted by Crippen LogP contribution is -2.16. The Balaban J connectivity index is 1.64. The number of rotatable bonds is 7. The molecule has 0 amide bonds. The Morgan fingerprint density at radius 3 is 2.56 bits per heavy atom. The summed E-state index contributed by atoms with van der Waals surface area (Å²) in [6.07, 6.45) is 0. The average Bonchev–Trinajstić information content (AvgIpc) is 2.62. The maximum atomic E-state index is 5.66. The van der Waals surface area contributed by atoms with Crippen LogP contribution in [0.3, 0.4) is 0 Å². The Hall–Kier alpha value is -1.92. The molecule has 0 saturated heterocycles. The van der Waals surface area contributed by atoms with Crippen LogP contribution in [0.5, 0.6) is 23.0 Å². The smallest absolute Gasteiger partial charge is 0.174 e. The van der Waals surface area contributed by atoms with Gasteiger partial charge in [-0.25, -0.2) is 0 Å². The summed E-state index contributed by atoms with van der Waals surface area (Å²) in [4.78, 5) is 0. The standard InChI is InChI=1S/C19H22BrNO4/c1-3-23-18-10-14(8-15(20)19(18)22-2)12-21-11-13-4-5-16-17(9-13)25-7-6-24-16/h4-5,8-10,21H,3,6-7,11-12H2,1-2H3. The molecule has 0 saturated carbocycles. The van der Waals surface area contributed by atoms with Gasteiger partial charge in [0.1, 0.15) is 13.2 Å². The third-order valence-corrected chi connectivity index (χ3v) is 4.43. The van der Waals surface area contributed by atoms with Crippen LogP contribution in [-0.2, 0) is 13.1 Å². The predicted molar refractivity (Wildman–Crippen MR) is 99.8 cm³/mol. The van der Waals surface area contributed by atoms with Crippen molar-refractivity contribution in [2.45, 2.75) is 20.0 Å². The summed E-state index contributed by atoms with van der Waals surface area (Å²) < 4.78 is 23.1. The number of hydrogen-bond donors (Lipinski definition) is 1. The zero-order chi connectivity index (χ0) is 17.6. The summed E-state index contributed by atoms with van der Waals surface area (Å²) in [6.45, 7) is 5.22. The van der Waals surface area contributed by atoms with Crippen LogP contribution in [0, 0.1) is 0 Å². The van der Waals surface area contributed by atoms with E-state index in [0.29, 0.717) is 19.8 Å². The van der Waals surface area contributed by atoms with E-state index in [0.717, 1.165) is 51.7 Å². The molecule has 6 heteroatoms. The fourth-order valence-corrected chi connectivity index (χ4v) is 3.38. The van der Waals surface area contributed by atoms with Crippen molar-refractivity contribution < 1.29 is 18.9 Å². The van der Waals surface area contributed by atoms with Crippen LogP contribution in [0.25, 0.3) is 0 Å². The minimum absolute atomic E-state index is 0.594. The molecule has 0 aromatic heterocycles. The van der Waals surface area contributed by atoms with E-state index in [-0.39, 0.29) is 0 Å². The number of halogens is 1. The van der Waals surface area contributed by atoms with E-state index in [1.54, 1.807) is 7.11 Å². The minimum Gasteiger partial charge on any atom is -0.492 e. The van der Waals surface area contributed by atoms with Crippen molar-refractivity contribution in [1.29, 1.82) is 0 Å². The van der Waals surface area contributed by atoms with E-state index in [1.165, 1.54) is 0 Å². The fourth-order valence-electron chi connectivity index (χ4n) is 2.73. The van der Waals surface area contributed by atoms with Gasteiger partial charge in [-0.15, -0.1) is 0 Å². The van der Waals surface area contributed by atoms with E-state index in [4.69, 9.17) is 18.9 Å². The van der Waals surface area contributed by atoms with Crippen molar-refractivity contribution in [2.24, 2.45) is 0 Å².